The van der Waals surface area contributed by atoms with Crippen molar-refractivity contribution in [2.75, 3.05) is 12.4 Å². The summed E-state index contributed by atoms with van der Waals surface area (Å²) in [6, 6.07) is 8.10. The SMILES string of the molecule is COc1ccccc1NC(=O)C1=C(C)NC(=O)NC1c1ccc(F)cc1F. The number of benzene rings is 2. The molecule has 2 aromatic carbocycles. The van der Waals surface area contributed by atoms with E-state index < -0.39 is 29.6 Å². The van der Waals surface area contributed by atoms with Gasteiger partial charge in [0.15, 0.2) is 0 Å². The average molecular weight is 373 g/mol. The molecule has 3 amide bonds. The minimum absolute atomic E-state index is 0.0178. The van der Waals surface area contributed by atoms with Crippen LogP contribution in [0.15, 0.2) is 53.7 Å². The second-order valence-corrected chi connectivity index (χ2v) is 5.89. The third kappa shape index (κ3) is 3.74. The molecule has 2 aromatic rings. The van der Waals surface area contributed by atoms with Crippen molar-refractivity contribution in [3.8, 4) is 5.75 Å². The summed E-state index contributed by atoms with van der Waals surface area (Å²) in [5.74, 6) is -1.73. The van der Waals surface area contributed by atoms with E-state index in [2.05, 4.69) is 16.0 Å². The summed E-state index contributed by atoms with van der Waals surface area (Å²) >= 11 is 0. The van der Waals surface area contributed by atoms with Gasteiger partial charge < -0.3 is 20.7 Å². The van der Waals surface area contributed by atoms with Gasteiger partial charge in [-0.2, -0.15) is 0 Å². The van der Waals surface area contributed by atoms with Crippen molar-refractivity contribution in [1.29, 1.82) is 0 Å². The first-order valence-corrected chi connectivity index (χ1v) is 8.08. The lowest BCUT2D eigenvalue weighted by Gasteiger charge is -2.29. The average Bonchev–Trinajstić information content (AvgIpc) is 2.61. The summed E-state index contributed by atoms with van der Waals surface area (Å²) in [5, 5.41) is 7.70. The van der Waals surface area contributed by atoms with E-state index in [9.17, 15) is 18.4 Å². The Hall–Kier alpha value is -3.42. The van der Waals surface area contributed by atoms with Gasteiger partial charge in [-0.25, -0.2) is 13.6 Å². The molecule has 1 aliphatic rings. The molecule has 1 aliphatic heterocycles. The van der Waals surface area contributed by atoms with Gasteiger partial charge in [0.05, 0.1) is 24.4 Å². The first kappa shape index (κ1) is 18.4. The summed E-state index contributed by atoms with van der Waals surface area (Å²) in [6.07, 6.45) is 0. The van der Waals surface area contributed by atoms with E-state index in [0.29, 0.717) is 17.5 Å². The highest BCUT2D eigenvalue weighted by Gasteiger charge is 2.33. The summed E-state index contributed by atoms with van der Waals surface area (Å²) in [7, 11) is 1.47. The lowest BCUT2D eigenvalue weighted by Crippen LogP contribution is -2.46. The number of hydrogen-bond acceptors (Lipinski definition) is 3. The number of carbonyl (C=O) groups is 2. The van der Waals surface area contributed by atoms with E-state index in [-0.39, 0.29) is 16.8 Å². The standard InChI is InChI=1S/C19H17F2N3O3/c1-10-16(18(25)23-14-5-3-4-6-15(14)27-2)17(24-19(26)22-10)12-8-7-11(20)9-13(12)21/h3-9,17H,1-2H3,(H,23,25)(H2,22,24,26). The molecule has 0 aromatic heterocycles. The van der Waals surface area contributed by atoms with E-state index in [0.717, 1.165) is 6.07 Å². The molecular formula is C19H17F2N3O3. The molecule has 1 unspecified atom stereocenters. The van der Waals surface area contributed by atoms with Crippen molar-refractivity contribution in [3.05, 3.63) is 70.9 Å². The molecular weight excluding hydrogens is 356 g/mol. The number of amides is 3. The molecule has 6 nitrogen and oxygen atoms in total. The van der Waals surface area contributed by atoms with Gasteiger partial charge in [-0.1, -0.05) is 18.2 Å². The van der Waals surface area contributed by atoms with E-state index in [1.807, 2.05) is 0 Å². The normalized spacial score (nSPS) is 16.4. The van der Waals surface area contributed by atoms with Gasteiger partial charge in [0.2, 0.25) is 0 Å². The Morgan fingerprint density at radius 1 is 1.19 bits per heavy atom. The second-order valence-electron chi connectivity index (χ2n) is 5.89. The number of urea groups is 1. The van der Waals surface area contributed by atoms with Gasteiger partial charge in [-0.3, -0.25) is 4.79 Å². The van der Waals surface area contributed by atoms with Crippen molar-refractivity contribution in [2.45, 2.75) is 13.0 Å². The Bertz CT molecular complexity index is 944. The van der Waals surface area contributed by atoms with Gasteiger partial charge >= 0.3 is 6.03 Å². The van der Waals surface area contributed by atoms with Crippen LogP contribution < -0.4 is 20.7 Å². The molecule has 0 fully saturated rings. The number of allylic oxidation sites excluding steroid dienone is 1. The number of methoxy groups -OCH3 is 1. The monoisotopic (exact) mass is 373 g/mol. The molecule has 3 rings (SSSR count). The first-order chi connectivity index (χ1) is 12.9. The maximum Gasteiger partial charge on any atom is 0.319 e. The zero-order valence-electron chi connectivity index (χ0n) is 14.6. The van der Waals surface area contributed by atoms with Crippen LogP contribution in [0.2, 0.25) is 0 Å². The van der Waals surface area contributed by atoms with E-state index in [1.54, 1.807) is 24.3 Å². The Kier molecular flexibility index (Phi) is 5.07. The van der Waals surface area contributed by atoms with E-state index in [4.69, 9.17) is 4.74 Å². The summed E-state index contributed by atoms with van der Waals surface area (Å²) in [4.78, 5) is 24.8. The van der Waals surface area contributed by atoms with Crippen LogP contribution in [-0.4, -0.2) is 19.0 Å². The topological polar surface area (TPSA) is 79.5 Å². The van der Waals surface area contributed by atoms with Crippen LogP contribution >= 0.6 is 0 Å². The fourth-order valence-corrected chi connectivity index (χ4v) is 2.90. The Morgan fingerprint density at radius 2 is 1.93 bits per heavy atom. The second kappa shape index (κ2) is 7.45. The van der Waals surface area contributed by atoms with Crippen LogP contribution in [-0.2, 0) is 4.79 Å². The molecule has 3 N–H and O–H groups in total. The van der Waals surface area contributed by atoms with Gasteiger partial charge in [0.25, 0.3) is 5.91 Å². The number of ether oxygens (including phenoxy) is 1. The molecule has 0 spiro atoms. The maximum atomic E-state index is 14.3. The lowest BCUT2D eigenvalue weighted by atomic mass is 9.94. The molecule has 0 aliphatic carbocycles. The fourth-order valence-electron chi connectivity index (χ4n) is 2.90. The van der Waals surface area contributed by atoms with Crippen molar-refractivity contribution in [2.24, 2.45) is 0 Å². The predicted octanol–water partition coefficient (Wildman–Crippen LogP) is 3.24. The van der Waals surface area contributed by atoms with Gasteiger partial charge in [0, 0.05) is 17.3 Å². The van der Waals surface area contributed by atoms with Crippen molar-refractivity contribution in [3.63, 3.8) is 0 Å². The van der Waals surface area contributed by atoms with Crippen LogP contribution in [0, 0.1) is 11.6 Å². The molecule has 0 saturated heterocycles. The minimum Gasteiger partial charge on any atom is -0.495 e. The molecule has 0 saturated carbocycles. The third-order valence-electron chi connectivity index (χ3n) is 4.14. The van der Waals surface area contributed by atoms with Crippen molar-refractivity contribution < 1.29 is 23.1 Å². The molecule has 8 heteroatoms. The van der Waals surface area contributed by atoms with Crippen LogP contribution in [0.4, 0.5) is 19.3 Å². The zero-order valence-corrected chi connectivity index (χ0v) is 14.6. The summed E-state index contributed by atoms with van der Waals surface area (Å²) < 4.78 is 32.7. The summed E-state index contributed by atoms with van der Waals surface area (Å²) in [5.41, 5.74) is 0.766. The van der Waals surface area contributed by atoms with Gasteiger partial charge in [-0.05, 0) is 25.1 Å². The molecule has 1 heterocycles. The molecule has 1 atom stereocenters. The molecule has 27 heavy (non-hydrogen) atoms. The Morgan fingerprint density at radius 3 is 2.63 bits per heavy atom. The van der Waals surface area contributed by atoms with Gasteiger partial charge in [0.1, 0.15) is 17.4 Å². The highest BCUT2D eigenvalue weighted by molar-refractivity contribution is 6.07. The number of anilines is 1. The Labute approximate surface area is 154 Å². The lowest BCUT2D eigenvalue weighted by molar-refractivity contribution is -0.113. The van der Waals surface area contributed by atoms with Crippen molar-refractivity contribution in [1.82, 2.24) is 10.6 Å². The molecule has 0 bridgehead atoms. The van der Waals surface area contributed by atoms with Crippen LogP contribution in [0.3, 0.4) is 0 Å². The van der Waals surface area contributed by atoms with Crippen LogP contribution in [0.25, 0.3) is 0 Å². The van der Waals surface area contributed by atoms with E-state index in [1.165, 1.54) is 20.1 Å². The zero-order chi connectivity index (χ0) is 19.6. The van der Waals surface area contributed by atoms with Crippen LogP contribution in [0.5, 0.6) is 5.75 Å². The molecule has 140 valence electrons. The van der Waals surface area contributed by atoms with Crippen molar-refractivity contribution >= 4 is 17.6 Å². The highest BCUT2D eigenvalue weighted by Crippen LogP contribution is 2.31. The number of nitrogens with one attached hydrogen (secondary N) is 3. The third-order valence-corrected chi connectivity index (χ3v) is 4.14. The largest absolute Gasteiger partial charge is 0.495 e. The van der Waals surface area contributed by atoms with Crippen LogP contribution in [0.1, 0.15) is 18.5 Å². The number of para-hydroxylation sites is 2. The fraction of sp³-hybridized carbons (Fsp3) is 0.158. The van der Waals surface area contributed by atoms with Gasteiger partial charge in [-0.15, -0.1) is 0 Å². The predicted molar refractivity (Wildman–Crippen MR) is 95.1 cm³/mol. The molecule has 0 radical (unpaired) electrons. The van der Waals surface area contributed by atoms with E-state index >= 15 is 0 Å². The smallest absolute Gasteiger partial charge is 0.319 e. The first-order valence-electron chi connectivity index (χ1n) is 8.08. The Balaban J connectivity index is 2.00. The number of halogens is 2. The number of rotatable bonds is 4. The maximum absolute atomic E-state index is 14.3. The minimum atomic E-state index is -1.07. The number of carbonyl (C=O) groups excluding carboxylic acids is 2. The quantitative estimate of drug-likeness (QED) is 0.770. The number of hydrogen-bond donors (Lipinski definition) is 3. The highest BCUT2D eigenvalue weighted by atomic mass is 19.1. The summed E-state index contributed by atoms with van der Waals surface area (Å²) in [6.45, 7) is 1.53.